The summed E-state index contributed by atoms with van der Waals surface area (Å²) >= 11 is 0. The molecule has 6 aliphatic rings. The first-order valence-electron chi connectivity index (χ1n) is 10.1. The second-order valence-corrected chi connectivity index (χ2v) is 8.92. The summed E-state index contributed by atoms with van der Waals surface area (Å²) < 4.78 is 9.81. The van der Waals surface area contributed by atoms with Crippen LogP contribution in [0.2, 0.25) is 0 Å². The molecule has 6 heteroatoms. The number of carbonyl (C=O) groups is 4. The van der Waals surface area contributed by atoms with Gasteiger partial charge in [-0.05, 0) is 59.4 Å². The van der Waals surface area contributed by atoms with E-state index in [1.165, 1.54) is 0 Å². The van der Waals surface area contributed by atoms with E-state index in [4.69, 9.17) is 9.47 Å². The maximum Gasteiger partial charge on any atom is 0.346 e. The summed E-state index contributed by atoms with van der Waals surface area (Å²) in [4.78, 5) is 49.3. The van der Waals surface area contributed by atoms with E-state index in [9.17, 15) is 19.2 Å². The molecule has 2 aromatic rings. The van der Waals surface area contributed by atoms with Crippen molar-refractivity contribution in [3.63, 3.8) is 0 Å². The summed E-state index contributed by atoms with van der Waals surface area (Å²) in [6.07, 6.45) is 2.20. The Labute approximate surface area is 176 Å². The molecule has 1 fully saturated rings. The molecule has 2 bridgehead atoms. The summed E-state index contributed by atoms with van der Waals surface area (Å²) in [5, 5.41) is 0. The summed E-state index contributed by atoms with van der Waals surface area (Å²) in [6, 6.07) is 11.6. The van der Waals surface area contributed by atoms with Crippen molar-refractivity contribution in [1.29, 1.82) is 0 Å². The normalized spacial score (nSPS) is 29.0. The minimum Gasteiger partial charge on any atom is -0.389 e. The van der Waals surface area contributed by atoms with E-state index in [1.54, 1.807) is 19.1 Å². The molecule has 0 amide bonds. The molecule has 3 unspecified atom stereocenters. The standard InChI is InChI=1S/C25H14O6/c1-25-9-17-14(8-18(25)23(28)31-24(25)29)19-10-4-2-3-5-11(10)20(17)13-7-16-15(6-12(13)19)21(26)30-22(16)27/h2-8,19-20H,9H2,1H3. The number of hydrogen-bond acceptors (Lipinski definition) is 6. The van der Waals surface area contributed by atoms with Crippen LogP contribution >= 0.6 is 0 Å². The van der Waals surface area contributed by atoms with Gasteiger partial charge in [0.25, 0.3) is 0 Å². The van der Waals surface area contributed by atoms with Gasteiger partial charge in [-0.15, -0.1) is 0 Å². The minimum atomic E-state index is -1.01. The van der Waals surface area contributed by atoms with E-state index in [0.717, 1.165) is 33.4 Å². The summed E-state index contributed by atoms with van der Waals surface area (Å²) in [5.41, 5.74) is 6.09. The molecule has 0 radical (unpaired) electrons. The average molecular weight is 410 g/mol. The Morgan fingerprint density at radius 1 is 0.806 bits per heavy atom. The molecule has 6 nitrogen and oxygen atoms in total. The molecule has 0 aromatic heterocycles. The minimum absolute atomic E-state index is 0.168. The highest BCUT2D eigenvalue weighted by Gasteiger charge is 2.56. The number of ether oxygens (including phenoxy) is 2. The number of hydrogen-bond donors (Lipinski definition) is 0. The van der Waals surface area contributed by atoms with Gasteiger partial charge in [-0.25, -0.2) is 14.4 Å². The summed E-state index contributed by atoms with van der Waals surface area (Å²) in [7, 11) is 0. The lowest BCUT2D eigenvalue weighted by Crippen LogP contribution is -2.36. The first kappa shape index (κ1) is 16.9. The van der Waals surface area contributed by atoms with Crippen LogP contribution in [0.15, 0.2) is 59.2 Å². The lowest BCUT2D eigenvalue weighted by atomic mass is 9.56. The molecular formula is C25H14O6. The highest BCUT2D eigenvalue weighted by Crippen LogP contribution is 2.62. The fourth-order valence-electron chi connectivity index (χ4n) is 5.99. The van der Waals surface area contributed by atoms with Gasteiger partial charge in [0.05, 0.1) is 16.7 Å². The van der Waals surface area contributed by atoms with E-state index in [1.807, 2.05) is 18.2 Å². The van der Waals surface area contributed by atoms with Gasteiger partial charge in [0, 0.05) is 11.8 Å². The Kier molecular flexibility index (Phi) is 2.78. The Hall–Kier alpha value is -3.80. The Balaban J connectivity index is 1.53. The van der Waals surface area contributed by atoms with Crippen LogP contribution in [0, 0.1) is 5.41 Å². The number of benzene rings is 2. The molecule has 150 valence electrons. The van der Waals surface area contributed by atoms with E-state index >= 15 is 0 Å². The fourth-order valence-corrected chi connectivity index (χ4v) is 5.99. The molecule has 1 saturated heterocycles. The van der Waals surface area contributed by atoms with Crippen LogP contribution in [0.3, 0.4) is 0 Å². The van der Waals surface area contributed by atoms with Crippen LogP contribution in [0.5, 0.6) is 0 Å². The third-order valence-corrected chi connectivity index (χ3v) is 7.41. The highest BCUT2D eigenvalue weighted by atomic mass is 16.6. The summed E-state index contributed by atoms with van der Waals surface area (Å²) in [6.45, 7) is 1.75. The molecule has 2 heterocycles. The predicted octanol–water partition coefficient (Wildman–Crippen LogP) is 3.30. The van der Waals surface area contributed by atoms with Crippen LogP contribution in [0.4, 0.5) is 0 Å². The lowest BCUT2D eigenvalue weighted by Gasteiger charge is -2.46. The van der Waals surface area contributed by atoms with Gasteiger partial charge in [-0.2, -0.15) is 0 Å². The SMILES string of the molecule is CC12CC3=C(C=C1C(=O)OC2=O)C1c2ccccc2C3c2cc3c(cc21)C(=O)OC3=O. The van der Waals surface area contributed by atoms with Gasteiger partial charge in [-0.3, -0.25) is 4.79 Å². The predicted molar refractivity (Wildman–Crippen MR) is 105 cm³/mol. The molecule has 0 saturated carbocycles. The van der Waals surface area contributed by atoms with Crippen molar-refractivity contribution in [3.8, 4) is 0 Å². The van der Waals surface area contributed by atoms with E-state index < -0.39 is 29.3 Å². The third kappa shape index (κ3) is 1.80. The van der Waals surface area contributed by atoms with Crippen LogP contribution in [-0.2, 0) is 19.1 Å². The van der Waals surface area contributed by atoms with Gasteiger partial charge in [0.2, 0.25) is 0 Å². The Morgan fingerprint density at radius 3 is 2.10 bits per heavy atom. The van der Waals surface area contributed by atoms with Crippen molar-refractivity contribution in [3.05, 3.63) is 92.6 Å². The molecule has 0 N–H and O–H groups in total. The number of carbonyl (C=O) groups excluding carboxylic acids is 4. The van der Waals surface area contributed by atoms with Gasteiger partial charge in [0.15, 0.2) is 0 Å². The zero-order chi connectivity index (χ0) is 21.2. The fraction of sp³-hybridized carbons (Fsp3) is 0.200. The Bertz CT molecular complexity index is 1410. The average Bonchev–Trinajstić information content (AvgIpc) is 3.15. The number of fused-ring (bicyclic) bond motifs is 2. The summed E-state index contributed by atoms with van der Waals surface area (Å²) in [5.74, 6) is -2.73. The largest absolute Gasteiger partial charge is 0.389 e. The van der Waals surface area contributed by atoms with E-state index in [2.05, 4.69) is 12.1 Å². The second-order valence-electron chi connectivity index (χ2n) is 8.92. The van der Waals surface area contributed by atoms with Crippen LogP contribution in [0.1, 0.15) is 68.2 Å². The molecule has 31 heavy (non-hydrogen) atoms. The van der Waals surface area contributed by atoms with Crippen molar-refractivity contribution < 1.29 is 28.7 Å². The van der Waals surface area contributed by atoms with Gasteiger partial charge in [-0.1, -0.05) is 29.8 Å². The number of allylic oxidation sites excluding steroid dienone is 3. The topological polar surface area (TPSA) is 86.7 Å². The lowest BCUT2D eigenvalue weighted by molar-refractivity contribution is -0.154. The molecule has 4 aliphatic carbocycles. The third-order valence-electron chi connectivity index (χ3n) is 7.41. The van der Waals surface area contributed by atoms with E-state index in [-0.39, 0.29) is 23.0 Å². The zero-order valence-electron chi connectivity index (χ0n) is 16.4. The smallest absolute Gasteiger partial charge is 0.346 e. The maximum atomic E-state index is 12.5. The number of esters is 4. The molecule has 2 aromatic carbocycles. The number of rotatable bonds is 0. The first-order chi connectivity index (χ1) is 14.9. The number of cyclic esters (lactones) is 4. The van der Waals surface area contributed by atoms with Crippen molar-refractivity contribution >= 4 is 23.9 Å². The van der Waals surface area contributed by atoms with Crippen molar-refractivity contribution in [2.24, 2.45) is 5.41 Å². The molecule has 3 atom stereocenters. The van der Waals surface area contributed by atoms with Crippen LogP contribution < -0.4 is 0 Å². The van der Waals surface area contributed by atoms with Gasteiger partial charge < -0.3 is 9.47 Å². The van der Waals surface area contributed by atoms with E-state index in [0.29, 0.717) is 12.0 Å². The van der Waals surface area contributed by atoms with Gasteiger partial charge in [0.1, 0.15) is 5.41 Å². The van der Waals surface area contributed by atoms with Gasteiger partial charge >= 0.3 is 23.9 Å². The molecule has 2 aliphatic heterocycles. The molecular weight excluding hydrogens is 396 g/mol. The Morgan fingerprint density at radius 2 is 1.42 bits per heavy atom. The molecule has 0 spiro atoms. The van der Waals surface area contributed by atoms with Crippen molar-refractivity contribution in [1.82, 2.24) is 0 Å². The quantitative estimate of drug-likeness (QED) is 0.489. The molecule has 8 rings (SSSR count). The van der Waals surface area contributed by atoms with Crippen LogP contribution in [0.25, 0.3) is 0 Å². The first-order valence-corrected chi connectivity index (χ1v) is 10.1. The zero-order valence-corrected chi connectivity index (χ0v) is 16.4. The highest BCUT2D eigenvalue weighted by molar-refractivity contribution is 6.15. The second kappa shape index (κ2) is 5.09. The van der Waals surface area contributed by atoms with Crippen molar-refractivity contribution in [2.75, 3.05) is 0 Å². The maximum absolute atomic E-state index is 12.5. The monoisotopic (exact) mass is 410 g/mol. The van der Waals surface area contributed by atoms with Crippen LogP contribution in [-0.4, -0.2) is 23.9 Å². The van der Waals surface area contributed by atoms with Crippen molar-refractivity contribution in [2.45, 2.75) is 25.2 Å².